The first-order valence-electron chi connectivity index (χ1n) is 5.45. The number of hydrogen-bond acceptors (Lipinski definition) is 6. The van der Waals surface area contributed by atoms with Crippen molar-refractivity contribution < 1.29 is 19.2 Å². The summed E-state index contributed by atoms with van der Waals surface area (Å²) in [5.41, 5.74) is -0.548. The van der Waals surface area contributed by atoms with Crippen LogP contribution in [0.2, 0.25) is 0 Å². The molecule has 0 aromatic carbocycles. The van der Waals surface area contributed by atoms with Gasteiger partial charge >= 0.3 is 11.8 Å². The van der Waals surface area contributed by atoms with E-state index in [1.807, 2.05) is 0 Å². The lowest BCUT2D eigenvalue weighted by atomic mass is 10.3. The van der Waals surface area contributed by atoms with E-state index in [0.717, 1.165) is 23.6 Å². The highest BCUT2D eigenvalue weighted by molar-refractivity contribution is 8.03. The average Bonchev–Trinajstić information content (AvgIpc) is 2.29. The summed E-state index contributed by atoms with van der Waals surface area (Å²) in [5, 5.41) is 11.0. The number of nitrogens with zero attached hydrogens (tertiary/aromatic N) is 2. The second-order valence-electron chi connectivity index (χ2n) is 3.52. The van der Waals surface area contributed by atoms with Crippen LogP contribution in [0.3, 0.4) is 0 Å². The first-order chi connectivity index (χ1) is 8.49. The Morgan fingerprint density at radius 3 is 2.72 bits per heavy atom. The molecular formula is C10H14N2O5S. The number of ketones is 1. The van der Waals surface area contributed by atoms with Crippen molar-refractivity contribution in [2.45, 2.75) is 20.3 Å². The molecule has 0 spiro atoms. The Morgan fingerprint density at radius 1 is 1.56 bits per heavy atom. The van der Waals surface area contributed by atoms with Crippen LogP contribution in [-0.4, -0.2) is 40.6 Å². The van der Waals surface area contributed by atoms with Gasteiger partial charge in [0, 0.05) is 19.2 Å². The standard InChI is InChI=1S/C10H14N2O5S/c1-3-17-10(14)11-5-4-6-18-9(11)8(7(2)13)12(15)16/h3-6H2,1-2H3. The second kappa shape index (κ2) is 6.39. The van der Waals surface area contributed by atoms with Crippen LogP contribution in [0.1, 0.15) is 20.3 Å². The fraction of sp³-hybridized carbons (Fsp3) is 0.600. The van der Waals surface area contributed by atoms with Crippen molar-refractivity contribution in [3.63, 3.8) is 0 Å². The molecule has 1 aliphatic heterocycles. The molecule has 18 heavy (non-hydrogen) atoms. The van der Waals surface area contributed by atoms with E-state index in [1.54, 1.807) is 6.92 Å². The third kappa shape index (κ3) is 3.22. The lowest BCUT2D eigenvalue weighted by Crippen LogP contribution is -2.36. The largest absolute Gasteiger partial charge is 0.449 e. The number of carbonyl (C=O) groups excluding carboxylic acids is 2. The highest BCUT2D eigenvalue weighted by Crippen LogP contribution is 2.30. The molecule has 0 unspecified atom stereocenters. The van der Waals surface area contributed by atoms with Gasteiger partial charge in [-0.3, -0.25) is 19.8 Å². The summed E-state index contributed by atoms with van der Waals surface area (Å²) in [4.78, 5) is 34.3. The number of amides is 1. The number of rotatable bonds is 3. The maximum absolute atomic E-state index is 11.7. The van der Waals surface area contributed by atoms with Gasteiger partial charge in [-0.1, -0.05) is 0 Å². The van der Waals surface area contributed by atoms with Crippen LogP contribution < -0.4 is 0 Å². The van der Waals surface area contributed by atoms with Gasteiger partial charge in [0.15, 0.2) is 5.03 Å². The molecule has 1 heterocycles. The molecule has 0 radical (unpaired) electrons. The average molecular weight is 274 g/mol. The van der Waals surface area contributed by atoms with Crippen LogP contribution in [0.25, 0.3) is 0 Å². The van der Waals surface area contributed by atoms with Crippen LogP contribution in [0, 0.1) is 10.1 Å². The molecule has 100 valence electrons. The van der Waals surface area contributed by atoms with Crippen molar-refractivity contribution >= 4 is 23.6 Å². The predicted octanol–water partition coefficient (Wildman–Crippen LogP) is 1.62. The van der Waals surface area contributed by atoms with Crippen molar-refractivity contribution in [2.75, 3.05) is 18.9 Å². The van der Waals surface area contributed by atoms with E-state index in [9.17, 15) is 19.7 Å². The van der Waals surface area contributed by atoms with Gasteiger partial charge in [-0.25, -0.2) is 4.79 Å². The molecule has 0 N–H and O–H groups in total. The van der Waals surface area contributed by atoms with E-state index in [0.29, 0.717) is 18.7 Å². The minimum absolute atomic E-state index is 0.0807. The smallest absolute Gasteiger partial charge is 0.414 e. The Morgan fingerprint density at radius 2 is 2.22 bits per heavy atom. The summed E-state index contributed by atoms with van der Waals surface area (Å²) in [6.07, 6.45) is 0.0517. The quantitative estimate of drug-likeness (QED) is 0.441. The van der Waals surface area contributed by atoms with Crippen molar-refractivity contribution in [3.8, 4) is 0 Å². The minimum Gasteiger partial charge on any atom is -0.449 e. The van der Waals surface area contributed by atoms with E-state index in [1.165, 1.54) is 0 Å². The summed E-state index contributed by atoms with van der Waals surface area (Å²) in [6.45, 7) is 3.27. The van der Waals surface area contributed by atoms with Gasteiger partial charge < -0.3 is 4.74 Å². The Labute approximate surface area is 108 Å². The summed E-state index contributed by atoms with van der Waals surface area (Å²) in [5.74, 6) is -0.0331. The zero-order chi connectivity index (χ0) is 13.7. The molecule has 0 aromatic rings. The summed E-state index contributed by atoms with van der Waals surface area (Å²) in [6, 6.07) is 0. The summed E-state index contributed by atoms with van der Waals surface area (Å²) >= 11 is 1.13. The van der Waals surface area contributed by atoms with Crippen molar-refractivity contribution in [1.82, 2.24) is 4.90 Å². The van der Waals surface area contributed by atoms with Gasteiger partial charge in [0.25, 0.3) is 0 Å². The molecule has 0 bridgehead atoms. The second-order valence-corrected chi connectivity index (χ2v) is 4.60. The zero-order valence-electron chi connectivity index (χ0n) is 10.2. The van der Waals surface area contributed by atoms with Crippen LogP contribution in [-0.2, 0) is 9.53 Å². The van der Waals surface area contributed by atoms with E-state index >= 15 is 0 Å². The fourth-order valence-corrected chi connectivity index (χ4v) is 2.64. The Hall–Kier alpha value is -1.57. The SMILES string of the molecule is CCOC(=O)N1CCCSC1=C(C(C)=O)[N+](=O)[O-]. The van der Waals surface area contributed by atoms with Crippen LogP contribution in [0.5, 0.6) is 0 Å². The molecule has 0 aromatic heterocycles. The van der Waals surface area contributed by atoms with E-state index < -0.39 is 22.5 Å². The van der Waals surface area contributed by atoms with Crippen molar-refractivity contribution in [1.29, 1.82) is 0 Å². The number of allylic oxidation sites excluding steroid dienone is 1. The normalized spacial score (nSPS) is 18.2. The van der Waals surface area contributed by atoms with Gasteiger partial charge in [-0.15, -0.1) is 11.8 Å². The molecule has 1 fully saturated rings. The Balaban J connectivity index is 3.14. The lowest BCUT2D eigenvalue weighted by Gasteiger charge is -2.27. The number of hydrogen-bond donors (Lipinski definition) is 0. The Kier molecular flexibility index (Phi) is 5.14. The van der Waals surface area contributed by atoms with Gasteiger partial charge in [0.2, 0.25) is 5.78 Å². The first kappa shape index (κ1) is 14.5. The van der Waals surface area contributed by atoms with Crippen LogP contribution in [0.4, 0.5) is 4.79 Å². The molecule has 1 saturated heterocycles. The van der Waals surface area contributed by atoms with Crippen LogP contribution >= 0.6 is 11.8 Å². The molecule has 7 nitrogen and oxygen atoms in total. The first-order valence-corrected chi connectivity index (χ1v) is 6.44. The molecule has 8 heteroatoms. The number of thioether (sulfide) groups is 1. The number of carbonyl (C=O) groups is 2. The third-order valence-corrected chi connectivity index (χ3v) is 3.40. The Bertz CT molecular complexity index is 391. The summed E-state index contributed by atoms with van der Waals surface area (Å²) < 4.78 is 4.83. The number of nitro groups is 1. The van der Waals surface area contributed by atoms with Gasteiger partial charge in [0.1, 0.15) is 0 Å². The maximum atomic E-state index is 11.7. The van der Waals surface area contributed by atoms with Gasteiger partial charge in [0.05, 0.1) is 11.5 Å². The van der Waals surface area contributed by atoms with E-state index in [-0.39, 0.29) is 11.6 Å². The third-order valence-electron chi connectivity index (χ3n) is 2.22. The minimum atomic E-state index is -0.748. The highest BCUT2D eigenvalue weighted by Gasteiger charge is 2.34. The lowest BCUT2D eigenvalue weighted by molar-refractivity contribution is -0.420. The molecule has 0 saturated carbocycles. The van der Waals surface area contributed by atoms with Crippen molar-refractivity contribution in [3.05, 3.63) is 20.8 Å². The van der Waals surface area contributed by atoms with Gasteiger partial charge in [-0.2, -0.15) is 0 Å². The number of Topliss-reactive ketones (excluding diaryl/α,β-unsaturated/α-hetero) is 1. The molecular weight excluding hydrogens is 260 g/mol. The highest BCUT2D eigenvalue weighted by atomic mass is 32.2. The van der Waals surface area contributed by atoms with Crippen molar-refractivity contribution in [2.24, 2.45) is 0 Å². The fourth-order valence-electron chi connectivity index (χ4n) is 1.50. The van der Waals surface area contributed by atoms with E-state index in [4.69, 9.17) is 4.74 Å². The molecule has 0 atom stereocenters. The predicted molar refractivity (Wildman–Crippen MR) is 65.5 cm³/mol. The van der Waals surface area contributed by atoms with E-state index in [2.05, 4.69) is 0 Å². The van der Waals surface area contributed by atoms with Crippen LogP contribution in [0.15, 0.2) is 10.7 Å². The monoisotopic (exact) mass is 274 g/mol. The van der Waals surface area contributed by atoms with Gasteiger partial charge in [-0.05, 0) is 13.3 Å². The summed E-state index contributed by atoms with van der Waals surface area (Å²) in [7, 11) is 0. The maximum Gasteiger partial charge on any atom is 0.414 e. The molecule has 1 amide bonds. The zero-order valence-corrected chi connectivity index (χ0v) is 11.0. The number of ether oxygens (including phenoxy) is 1. The topological polar surface area (TPSA) is 89.8 Å². The molecule has 0 aliphatic carbocycles. The molecule has 1 rings (SSSR count). The molecule has 1 aliphatic rings.